The maximum Gasteiger partial charge on any atom is 0.231 e. The van der Waals surface area contributed by atoms with Crippen LogP contribution < -0.4 is 10.2 Å². The molecule has 0 bridgehead atoms. The monoisotopic (exact) mass is 326 g/mol. The van der Waals surface area contributed by atoms with Gasteiger partial charge in [-0.25, -0.2) is 0 Å². The molecule has 0 atom stereocenters. The number of aromatic nitrogens is 2. The molecule has 1 amide bonds. The van der Waals surface area contributed by atoms with Crippen LogP contribution in [-0.4, -0.2) is 35.2 Å². The summed E-state index contributed by atoms with van der Waals surface area (Å²) in [5.41, 5.74) is 2.94. The summed E-state index contributed by atoms with van der Waals surface area (Å²) in [5, 5.41) is 7.51. The SMILES string of the molecule is CC(C)N1C(=O)Cc2ccc(-c3noc(C4CCNCC4)n3)cc21. The van der Waals surface area contributed by atoms with Gasteiger partial charge in [-0.1, -0.05) is 17.3 Å². The lowest BCUT2D eigenvalue weighted by atomic mass is 9.98. The molecule has 0 aliphatic carbocycles. The van der Waals surface area contributed by atoms with E-state index in [-0.39, 0.29) is 11.9 Å². The van der Waals surface area contributed by atoms with Crippen molar-refractivity contribution in [1.82, 2.24) is 15.5 Å². The predicted octanol–water partition coefficient (Wildman–Crippen LogP) is 2.50. The second-order valence-electron chi connectivity index (χ2n) is 6.86. The minimum atomic E-state index is 0.143. The van der Waals surface area contributed by atoms with Crippen LogP contribution in [0.4, 0.5) is 5.69 Å². The number of carbonyl (C=O) groups excluding carboxylic acids is 1. The summed E-state index contributed by atoms with van der Waals surface area (Å²) in [6.45, 7) is 6.05. The number of nitrogens with one attached hydrogen (secondary N) is 1. The molecule has 1 N–H and O–H groups in total. The van der Waals surface area contributed by atoms with E-state index in [0.29, 0.717) is 18.2 Å². The van der Waals surface area contributed by atoms with Crippen LogP contribution in [0.15, 0.2) is 22.7 Å². The molecule has 0 radical (unpaired) electrons. The highest BCUT2D eigenvalue weighted by molar-refractivity contribution is 6.02. The first kappa shape index (κ1) is 15.3. The molecule has 1 aromatic carbocycles. The maximum absolute atomic E-state index is 12.2. The maximum atomic E-state index is 12.2. The number of amides is 1. The molecule has 4 rings (SSSR count). The fourth-order valence-electron chi connectivity index (χ4n) is 3.61. The molecule has 2 aromatic rings. The summed E-state index contributed by atoms with van der Waals surface area (Å²) in [7, 11) is 0. The quantitative estimate of drug-likeness (QED) is 0.938. The molecule has 0 saturated carbocycles. The Hall–Kier alpha value is -2.21. The molecule has 0 spiro atoms. The average molecular weight is 326 g/mol. The van der Waals surface area contributed by atoms with Crippen molar-refractivity contribution in [3.8, 4) is 11.4 Å². The van der Waals surface area contributed by atoms with Gasteiger partial charge in [0.15, 0.2) is 0 Å². The summed E-state index contributed by atoms with van der Waals surface area (Å²) >= 11 is 0. The zero-order valence-corrected chi connectivity index (χ0v) is 14.1. The number of hydrogen-bond acceptors (Lipinski definition) is 5. The highest BCUT2D eigenvalue weighted by Gasteiger charge is 2.30. The Balaban J connectivity index is 1.64. The van der Waals surface area contributed by atoms with Crippen molar-refractivity contribution in [2.45, 2.75) is 45.1 Å². The second kappa shape index (κ2) is 6.02. The molecule has 2 aliphatic heterocycles. The number of rotatable bonds is 3. The fourth-order valence-corrected chi connectivity index (χ4v) is 3.61. The van der Waals surface area contributed by atoms with Gasteiger partial charge in [0, 0.05) is 23.2 Å². The third kappa shape index (κ3) is 2.60. The van der Waals surface area contributed by atoms with E-state index in [1.165, 1.54) is 0 Å². The molecule has 3 heterocycles. The van der Waals surface area contributed by atoms with Crippen LogP contribution >= 0.6 is 0 Å². The second-order valence-corrected chi connectivity index (χ2v) is 6.86. The summed E-state index contributed by atoms with van der Waals surface area (Å²) in [5.74, 6) is 1.83. The Kier molecular flexibility index (Phi) is 3.84. The molecule has 6 nitrogen and oxygen atoms in total. The van der Waals surface area contributed by atoms with Gasteiger partial charge in [-0.05, 0) is 51.4 Å². The smallest absolute Gasteiger partial charge is 0.231 e. The van der Waals surface area contributed by atoms with Gasteiger partial charge in [0.1, 0.15) is 0 Å². The number of benzene rings is 1. The van der Waals surface area contributed by atoms with Crippen LogP contribution in [0.3, 0.4) is 0 Å². The van der Waals surface area contributed by atoms with Gasteiger partial charge in [-0.3, -0.25) is 4.79 Å². The third-order valence-corrected chi connectivity index (χ3v) is 4.86. The van der Waals surface area contributed by atoms with Crippen molar-refractivity contribution >= 4 is 11.6 Å². The van der Waals surface area contributed by atoms with Crippen molar-refractivity contribution in [2.75, 3.05) is 18.0 Å². The average Bonchev–Trinajstić information content (AvgIpc) is 3.18. The minimum absolute atomic E-state index is 0.143. The number of piperidine rings is 1. The molecule has 0 unspecified atom stereocenters. The van der Waals surface area contributed by atoms with Crippen molar-refractivity contribution in [1.29, 1.82) is 0 Å². The van der Waals surface area contributed by atoms with Crippen LogP contribution in [-0.2, 0) is 11.2 Å². The summed E-state index contributed by atoms with van der Waals surface area (Å²) < 4.78 is 5.50. The van der Waals surface area contributed by atoms with Crippen LogP contribution in [0.5, 0.6) is 0 Å². The standard InChI is InChI=1S/C18H22N4O2/c1-11(2)22-15-9-14(4-3-13(15)10-16(22)23)17-20-18(24-21-17)12-5-7-19-8-6-12/h3-4,9,11-12,19H,5-8,10H2,1-2H3. The summed E-state index contributed by atoms with van der Waals surface area (Å²) in [4.78, 5) is 18.7. The first-order valence-electron chi connectivity index (χ1n) is 8.63. The van der Waals surface area contributed by atoms with Gasteiger partial charge in [0.25, 0.3) is 0 Å². The molecule has 6 heteroatoms. The Morgan fingerprint density at radius 2 is 2.08 bits per heavy atom. The van der Waals surface area contributed by atoms with Gasteiger partial charge in [-0.2, -0.15) is 4.98 Å². The number of nitrogens with zero attached hydrogens (tertiary/aromatic N) is 3. The first-order valence-corrected chi connectivity index (χ1v) is 8.63. The van der Waals surface area contributed by atoms with Crippen LogP contribution in [0.2, 0.25) is 0 Å². The highest BCUT2D eigenvalue weighted by Crippen LogP contribution is 2.34. The van der Waals surface area contributed by atoms with Gasteiger partial charge < -0.3 is 14.7 Å². The molecule has 1 saturated heterocycles. The molecule has 1 fully saturated rings. The zero-order chi connectivity index (χ0) is 16.7. The van der Waals surface area contributed by atoms with Crippen molar-refractivity contribution < 1.29 is 9.32 Å². The number of hydrogen-bond donors (Lipinski definition) is 1. The van der Waals surface area contributed by atoms with E-state index in [9.17, 15) is 4.79 Å². The summed E-state index contributed by atoms with van der Waals surface area (Å²) in [6.07, 6.45) is 2.53. The van der Waals surface area contributed by atoms with E-state index in [1.54, 1.807) is 0 Å². The Morgan fingerprint density at radius 1 is 1.29 bits per heavy atom. The van der Waals surface area contributed by atoms with Crippen LogP contribution in [0.25, 0.3) is 11.4 Å². The summed E-state index contributed by atoms with van der Waals surface area (Å²) in [6, 6.07) is 6.14. The first-order chi connectivity index (χ1) is 11.6. The Morgan fingerprint density at radius 3 is 2.83 bits per heavy atom. The number of fused-ring (bicyclic) bond motifs is 1. The fraction of sp³-hybridized carbons (Fsp3) is 0.500. The van der Waals surface area contributed by atoms with Crippen LogP contribution in [0.1, 0.15) is 44.1 Å². The normalized spacial score (nSPS) is 18.5. The Bertz CT molecular complexity index is 762. The van der Waals surface area contributed by atoms with Gasteiger partial charge >= 0.3 is 0 Å². The lowest BCUT2D eigenvalue weighted by Gasteiger charge is -2.22. The van der Waals surface area contributed by atoms with Crippen molar-refractivity contribution in [3.63, 3.8) is 0 Å². The lowest BCUT2D eigenvalue weighted by molar-refractivity contribution is -0.117. The molecule has 126 valence electrons. The van der Waals surface area contributed by atoms with Crippen LogP contribution in [0, 0.1) is 0 Å². The van der Waals surface area contributed by atoms with E-state index < -0.39 is 0 Å². The molecule has 2 aliphatic rings. The largest absolute Gasteiger partial charge is 0.339 e. The molecular weight excluding hydrogens is 304 g/mol. The van der Waals surface area contributed by atoms with Crippen molar-refractivity contribution in [2.24, 2.45) is 0 Å². The predicted molar refractivity (Wildman–Crippen MR) is 90.9 cm³/mol. The molecular formula is C18H22N4O2. The van der Waals surface area contributed by atoms with Gasteiger partial charge in [-0.15, -0.1) is 0 Å². The highest BCUT2D eigenvalue weighted by atomic mass is 16.5. The Labute approximate surface area is 141 Å². The van der Waals surface area contributed by atoms with Crippen molar-refractivity contribution in [3.05, 3.63) is 29.7 Å². The van der Waals surface area contributed by atoms with Gasteiger partial charge in [0.2, 0.25) is 17.6 Å². The lowest BCUT2D eigenvalue weighted by Crippen LogP contribution is -2.33. The number of anilines is 1. The minimum Gasteiger partial charge on any atom is -0.339 e. The molecule has 1 aromatic heterocycles. The van der Waals surface area contributed by atoms with E-state index in [1.807, 2.05) is 36.9 Å². The van der Waals surface area contributed by atoms with E-state index in [0.717, 1.165) is 48.6 Å². The third-order valence-electron chi connectivity index (χ3n) is 4.86. The number of carbonyl (C=O) groups is 1. The molecule has 24 heavy (non-hydrogen) atoms. The zero-order valence-electron chi connectivity index (χ0n) is 14.1. The van der Waals surface area contributed by atoms with E-state index in [4.69, 9.17) is 4.52 Å². The van der Waals surface area contributed by atoms with E-state index >= 15 is 0 Å². The topological polar surface area (TPSA) is 71.3 Å². The van der Waals surface area contributed by atoms with E-state index in [2.05, 4.69) is 15.5 Å². The van der Waals surface area contributed by atoms with Gasteiger partial charge in [0.05, 0.1) is 6.42 Å².